The van der Waals surface area contributed by atoms with Crippen LogP contribution < -0.4 is 0 Å². The molecule has 5 heteroatoms. The first-order valence-corrected chi connectivity index (χ1v) is 17.3. The highest BCUT2D eigenvalue weighted by Gasteiger charge is 2.21. The number of hydrogen-bond acceptors (Lipinski definition) is 5. The van der Waals surface area contributed by atoms with Crippen LogP contribution >= 0.6 is 0 Å². The van der Waals surface area contributed by atoms with Crippen molar-refractivity contribution in [1.82, 2.24) is 15.0 Å². The van der Waals surface area contributed by atoms with Crippen LogP contribution in [-0.4, -0.2) is 15.0 Å². The molecule has 0 aliphatic carbocycles. The van der Waals surface area contributed by atoms with E-state index >= 15 is 0 Å². The molecule has 0 aliphatic heterocycles. The van der Waals surface area contributed by atoms with Gasteiger partial charge < -0.3 is 8.83 Å². The Hall–Kier alpha value is -7.11. The fourth-order valence-corrected chi connectivity index (χ4v) is 7.65. The van der Waals surface area contributed by atoms with E-state index in [1.807, 2.05) is 48.5 Å². The molecule has 0 fully saturated rings. The van der Waals surface area contributed by atoms with E-state index in [2.05, 4.69) is 115 Å². The second kappa shape index (κ2) is 11.2. The standard InChI is InChI=1S/C47H27N3O2/c1-2-12-29(13-3-1)45-48-46(33-24-23-28-11-4-5-14-30(28)25-33)50-47(49-45)37-20-10-22-40-43(37)36-19-8-18-35(44(36)52-40)34-17-9-21-39-42(34)38-26-31-15-6-7-16-32(31)27-41(38)51-39/h1-27H. The molecule has 0 saturated heterocycles. The third-order valence-corrected chi connectivity index (χ3v) is 10.1. The molecule has 0 aliphatic rings. The molecule has 0 radical (unpaired) electrons. The first kappa shape index (κ1) is 28.7. The molecule has 11 rings (SSSR count). The highest BCUT2D eigenvalue weighted by atomic mass is 16.3. The summed E-state index contributed by atoms with van der Waals surface area (Å²) in [4.78, 5) is 15.2. The highest BCUT2D eigenvalue weighted by molar-refractivity contribution is 6.20. The third kappa shape index (κ3) is 4.46. The van der Waals surface area contributed by atoms with Gasteiger partial charge in [0.15, 0.2) is 17.5 Å². The molecule has 11 aromatic rings. The Labute approximate surface area is 297 Å². The quantitative estimate of drug-likeness (QED) is 0.187. The van der Waals surface area contributed by atoms with Crippen molar-refractivity contribution in [2.75, 3.05) is 0 Å². The van der Waals surface area contributed by atoms with E-state index in [-0.39, 0.29) is 0 Å². The van der Waals surface area contributed by atoms with E-state index in [1.54, 1.807) is 0 Å². The van der Waals surface area contributed by atoms with E-state index in [0.717, 1.165) is 82.5 Å². The molecule has 242 valence electrons. The summed E-state index contributed by atoms with van der Waals surface area (Å²) in [6.45, 7) is 0. The predicted octanol–water partition coefficient (Wildman–Crippen LogP) is 12.6. The van der Waals surface area contributed by atoms with Crippen LogP contribution in [0.25, 0.3) is 111 Å². The topological polar surface area (TPSA) is 65.0 Å². The summed E-state index contributed by atoms with van der Waals surface area (Å²) in [7, 11) is 0. The van der Waals surface area contributed by atoms with Crippen molar-refractivity contribution >= 4 is 65.4 Å². The second-order valence-corrected chi connectivity index (χ2v) is 13.2. The van der Waals surface area contributed by atoms with Crippen molar-refractivity contribution in [2.24, 2.45) is 0 Å². The van der Waals surface area contributed by atoms with Gasteiger partial charge in [-0.25, -0.2) is 15.0 Å². The van der Waals surface area contributed by atoms with Crippen molar-refractivity contribution in [3.8, 4) is 45.3 Å². The van der Waals surface area contributed by atoms with Gasteiger partial charge in [-0.1, -0.05) is 133 Å². The molecule has 3 heterocycles. The number of hydrogen-bond donors (Lipinski definition) is 0. The van der Waals surface area contributed by atoms with Crippen molar-refractivity contribution < 1.29 is 8.83 Å². The average molecular weight is 666 g/mol. The van der Waals surface area contributed by atoms with Crippen molar-refractivity contribution in [3.05, 3.63) is 164 Å². The van der Waals surface area contributed by atoms with Gasteiger partial charge in [-0.15, -0.1) is 0 Å². The maximum atomic E-state index is 6.78. The summed E-state index contributed by atoms with van der Waals surface area (Å²) in [6, 6.07) is 56.2. The normalized spacial score (nSPS) is 11.8. The molecule has 8 aromatic carbocycles. The minimum absolute atomic E-state index is 0.588. The first-order valence-electron chi connectivity index (χ1n) is 17.3. The summed E-state index contributed by atoms with van der Waals surface area (Å²) < 4.78 is 13.2. The van der Waals surface area contributed by atoms with E-state index in [4.69, 9.17) is 23.8 Å². The predicted molar refractivity (Wildman–Crippen MR) is 211 cm³/mol. The van der Waals surface area contributed by atoms with Gasteiger partial charge in [-0.05, 0) is 57.4 Å². The average Bonchev–Trinajstić information content (AvgIpc) is 3.78. The smallest absolute Gasteiger partial charge is 0.164 e. The summed E-state index contributed by atoms with van der Waals surface area (Å²) in [5, 5.41) is 8.74. The van der Waals surface area contributed by atoms with E-state index in [1.165, 1.54) is 10.8 Å². The molecule has 5 nitrogen and oxygen atoms in total. The van der Waals surface area contributed by atoms with Crippen molar-refractivity contribution in [1.29, 1.82) is 0 Å². The lowest BCUT2D eigenvalue weighted by Gasteiger charge is -2.10. The van der Waals surface area contributed by atoms with Crippen molar-refractivity contribution in [2.45, 2.75) is 0 Å². The number of aromatic nitrogens is 3. The number of nitrogens with zero attached hydrogens (tertiary/aromatic N) is 3. The monoisotopic (exact) mass is 665 g/mol. The molecule has 0 saturated carbocycles. The Bertz CT molecular complexity index is 3190. The molecule has 52 heavy (non-hydrogen) atoms. The van der Waals surface area contributed by atoms with E-state index < -0.39 is 0 Å². The molecule has 3 aromatic heterocycles. The number of benzene rings is 8. The third-order valence-electron chi connectivity index (χ3n) is 10.1. The SMILES string of the molecule is c1ccc(-c2nc(-c3ccc4ccccc4c3)nc(-c3cccc4oc5c(-c6cccc7oc8cc9ccccc9cc8c67)cccc5c34)n2)cc1. The molecule has 0 atom stereocenters. The Morgan fingerprint density at radius 3 is 1.73 bits per heavy atom. The Morgan fingerprint density at radius 2 is 0.923 bits per heavy atom. The molecule has 0 amide bonds. The van der Waals surface area contributed by atoms with Crippen LogP contribution in [0, 0.1) is 0 Å². The number of fused-ring (bicyclic) bond motifs is 8. The largest absolute Gasteiger partial charge is 0.456 e. The van der Waals surface area contributed by atoms with Gasteiger partial charge in [-0.3, -0.25) is 0 Å². The van der Waals surface area contributed by atoms with Gasteiger partial charge in [0.25, 0.3) is 0 Å². The highest BCUT2D eigenvalue weighted by Crippen LogP contribution is 2.44. The van der Waals surface area contributed by atoms with Gasteiger partial charge in [0.1, 0.15) is 22.3 Å². The van der Waals surface area contributed by atoms with Crippen LogP contribution in [0.5, 0.6) is 0 Å². The minimum Gasteiger partial charge on any atom is -0.456 e. The number of furan rings is 2. The fraction of sp³-hybridized carbons (Fsp3) is 0. The zero-order valence-electron chi connectivity index (χ0n) is 27.7. The van der Waals surface area contributed by atoms with Crippen LogP contribution in [0.3, 0.4) is 0 Å². The molecule has 0 spiro atoms. The number of rotatable bonds is 4. The molecule has 0 unspecified atom stereocenters. The van der Waals surface area contributed by atoms with Crippen molar-refractivity contribution in [3.63, 3.8) is 0 Å². The van der Waals surface area contributed by atoms with Gasteiger partial charge in [-0.2, -0.15) is 0 Å². The molecule has 0 bridgehead atoms. The van der Waals surface area contributed by atoms with Crippen LogP contribution in [0.15, 0.2) is 173 Å². The molecular weight excluding hydrogens is 639 g/mol. The summed E-state index contributed by atoms with van der Waals surface area (Å²) >= 11 is 0. The number of para-hydroxylation sites is 1. The minimum atomic E-state index is 0.588. The lowest BCUT2D eigenvalue weighted by molar-refractivity contribution is 0.669. The summed E-state index contributed by atoms with van der Waals surface area (Å²) in [5.41, 5.74) is 8.08. The lowest BCUT2D eigenvalue weighted by atomic mass is 9.96. The molecule has 0 N–H and O–H groups in total. The first-order chi connectivity index (χ1) is 25.7. The van der Waals surface area contributed by atoms with E-state index in [0.29, 0.717) is 17.5 Å². The zero-order chi connectivity index (χ0) is 34.2. The van der Waals surface area contributed by atoms with Crippen LogP contribution in [0.4, 0.5) is 0 Å². The van der Waals surface area contributed by atoms with Gasteiger partial charge >= 0.3 is 0 Å². The second-order valence-electron chi connectivity index (χ2n) is 13.2. The summed E-state index contributed by atoms with van der Waals surface area (Å²) in [5.74, 6) is 1.82. The van der Waals surface area contributed by atoms with Gasteiger partial charge in [0.05, 0.1) is 0 Å². The maximum Gasteiger partial charge on any atom is 0.164 e. The fourth-order valence-electron chi connectivity index (χ4n) is 7.65. The Balaban J connectivity index is 1.14. The Morgan fingerprint density at radius 1 is 0.327 bits per heavy atom. The summed E-state index contributed by atoms with van der Waals surface area (Å²) in [6.07, 6.45) is 0. The zero-order valence-corrected chi connectivity index (χ0v) is 27.7. The lowest BCUT2D eigenvalue weighted by Crippen LogP contribution is -2.00. The maximum absolute atomic E-state index is 6.78. The van der Waals surface area contributed by atoms with Crippen LogP contribution in [-0.2, 0) is 0 Å². The Kier molecular flexibility index (Phi) is 6.18. The van der Waals surface area contributed by atoms with Gasteiger partial charge in [0, 0.05) is 43.8 Å². The van der Waals surface area contributed by atoms with Gasteiger partial charge in [0.2, 0.25) is 0 Å². The van der Waals surface area contributed by atoms with Crippen LogP contribution in [0.1, 0.15) is 0 Å². The van der Waals surface area contributed by atoms with Crippen LogP contribution in [0.2, 0.25) is 0 Å². The molecular formula is C47H27N3O2. The van der Waals surface area contributed by atoms with E-state index in [9.17, 15) is 0 Å².